The highest BCUT2D eigenvalue weighted by Gasteiger charge is 2.30. The monoisotopic (exact) mass is 291 g/mol. The Hall–Kier alpha value is -1.62. The van der Waals surface area contributed by atoms with Crippen molar-refractivity contribution in [2.75, 3.05) is 31.1 Å². The Bertz CT molecular complexity index is 526. The van der Waals surface area contributed by atoms with E-state index in [1.807, 2.05) is 19.9 Å². The third-order valence-electron chi connectivity index (χ3n) is 4.33. The first-order chi connectivity index (χ1) is 9.97. The van der Waals surface area contributed by atoms with Gasteiger partial charge in [0.1, 0.15) is 11.4 Å². The Morgan fingerprint density at radius 2 is 2.10 bits per heavy atom. The molecule has 1 fully saturated rings. The molecule has 2 rings (SSSR count). The van der Waals surface area contributed by atoms with Gasteiger partial charge in [-0.1, -0.05) is 13.8 Å². The molecule has 1 aliphatic heterocycles. The van der Waals surface area contributed by atoms with Crippen molar-refractivity contribution in [3.8, 4) is 0 Å². The smallest absolute Gasteiger partial charge is 0.339 e. The number of hydrogen-bond donors (Lipinski definition) is 1. The highest BCUT2D eigenvalue weighted by atomic mass is 16.4. The van der Waals surface area contributed by atoms with E-state index in [2.05, 4.69) is 28.6 Å². The van der Waals surface area contributed by atoms with Gasteiger partial charge < -0.3 is 10.0 Å². The van der Waals surface area contributed by atoms with Crippen molar-refractivity contribution in [2.24, 2.45) is 0 Å². The molecule has 1 aromatic rings. The normalized spacial score (nSPS) is 18.5. The Morgan fingerprint density at radius 1 is 1.43 bits per heavy atom. The highest BCUT2D eigenvalue weighted by Crippen LogP contribution is 2.27. The number of nitrogens with zero attached hydrogens (tertiary/aromatic N) is 3. The first-order valence-corrected chi connectivity index (χ1v) is 7.68. The Labute approximate surface area is 126 Å². The average molecular weight is 291 g/mol. The van der Waals surface area contributed by atoms with Crippen molar-refractivity contribution >= 4 is 11.8 Å². The van der Waals surface area contributed by atoms with Gasteiger partial charge in [0.2, 0.25) is 0 Å². The second-order valence-corrected chi connectivity index (χ2v) is 5.69. The summed E-state index contributed by atoms with van der Waals surface area (Å²) in [7, 11) is 0. The molecule has 2 heterocycles. The molecule has 0 aliphatic carbocycles. The molecule has 0 aromatic carbocycles. The predicted octanol–water partition coefficient (Wildman–Crippen LogP) is 2.32. The van der Waals surface area contributed by atoms with Crippen molar-refractivity contribution in [3.63, 3.8) is 0 Å². The van der Waals surface area contributed by atoms with Gasteiger partial charge in [-0.15, -0.1) is 0 Å². The van der Waals surface area contributed by atoms with E-state index in [0.717, 1.165) is 43.9 Å². The average Bonchev–Trinajstić information content (AvgIpc) is 2.88. The number of aromatic carboxylic acids is 1. The molecule has 0 radical (unpaired) electrons. The van der Waals surface area contributed by atoms with Gasteiger partial charge in [-0.2, -0.15) is 0 Å². The fraction of sp³-hybridized carbons (Fsp3) is 0.625. The number of carboxylic acids is 1. The molecule has 5 nitrogen and oxygen atoms in total. The largest absolute Gasteiger partial charge is 0.478 e. The number of carbonyl (C=O) groups is 1. The highest BCUT2D eigenvalue weighted by molar-refractivity contribution is 5.95. The second-order valence-electron chi connectivity index (χ2n) is 5.69. The van der Waals surface area contributed by atoms with Gasteiger partial charge in [-0.25, -0.2) is 9.78 Å². The van der Waals surface area contributed by atoms with Crippen molar-refractivity contribution < 1.29 is 9.90 Å². The van der Waals surface area contributed by atoms with Gasteiger partial charge in [-0.3, -0.25) is 4.90 Å². The number of pyridine rings is 1. The maximum absolute atomic E-state index is 11.6. The van der Waals surface area contributed by atoms with Crippen LogP contribution < -0.4 is 4.90 Å². The van der Waals surface area contributed by atoms with Crippen LogP contribution in [-0.2, 0) is 0 Å². The standard InChI is InChI=1S/C16H25N3O2/c1-5-18(6-2)13-7-8-19(10-13)15-14(16(20)21)11(3)9-12(4)17-15/h9,13H,5-8,10H2,1-4H3,(H,20,21). The fourth-order valence-corrected chi connectivity index (χ4v) is 3.28. The van der Waals surface area contributed by atoms with Crippen molar-refractivity contribution in [1.29, 1.82) is 0 Å². The SMILES string of the molecule is CCN(CC)C1CCN(c2nc(C)cc(C)c2C(=O)O)C1. The van der Waals surface area contributed by atoms with Crippen molar-refractivity contribution in [1.82, 2.24) is 9.88 Å². The summed E-state index contributed by atoms with van der Waals surface area (Å²) in [5.74, 6) is -0.254. The van der Waals surface area contributed by atoms with Gasteiger partial charge >= 0.3 is 5.97 Å². The van der Waals surface area contributed by atoms with E-state index in [0.29, 0.717) is 17.4 Å². The van der Waals surface area contributed by atoms with Crippen LogP contribution in [0.5, 0.6) is 0 Å². The summed E-state index contributed by atoms with van der Waals surface area (Å²) in [6.07, 6.45) is 1.06. The Balaban J connectivity index is 2.29. The molecular formula is C16H25N3O2. The van der Waals surface area contributed by atoms with Gasteiger partial charge in [0, 0.05) is 24.8 Å². The lowest BCUT2D eigenvalue weighted by atomic mass is 10.1. The Morgan fingerprint density at radius 3 is 2.67 bits per heavy atom. The second kappa shape index (κ2) is 6.43. The van der Waals surface area contributed by atoms with E-state index < -0.39 is 5.97 Å². The van der Waals surface area contributed by atoms with Gasteiger partial charge in [-0.05, 0) is 45.0 Å². The van der Waals surface area contributed by atoms with Crippen LogP contribution in [0.4, 0.5) is 5.82 Å². The van der Waals surface area contributed by atoms with E-state index >= 15 is 0 Å². The van der Waals surface area contributed by atoms with Crippen LogP contribution in [0, 0.1) is 13.8 Å². The number of likely N-dealkylation sites (N-methyl/N-ethyl adjacent to an activating group) is 1. The van der Waals surface area contributed by atoms with Gasteiger partial charge in [0.05, 0.1) is 0 Å². The zero-order valence-electron chi connectivity index (χ0n) is 13.4. The molecule has 1 saturated heterocycles. The van der Waals surface area contributed by atoms with Gasteiger partial charge in [0.25, 0.3) is 0 Å². The summed E-state index contributed by atoms with van der Waals surface area (Å²) in [5, 5.41) is 9.49. The number of anilines is 1. The van der Waals surface area contributed by atoms with E-state index in [4.69, 9.17) is 0 Å². The van der Waals surface area contributed by atoms with Crippen LogP contribution in [0.3, 0.4) is 0 Å². The molecule has 0 spiro atoms. The zero-order chi connectivity index (χ0) is 15.6. The van der Waals surface area contributed by atoms with Crippen LogP contribution in [-0.4, -0.2) is 53.2 Å². The first-order valence-electron chi connectivity index (χ1n) is 7.68. The molecule has 0 bridgehead atoms. The fourth-order valence-electron chi connectivity index (χ4n) is 3.28. The Kier molecular flexibility index (Phi) is 4.83. The van der Waals surface area contributed by atoms with E-state index in [-0.39, 0.29) is 0 Å². The van der Waals surface area contributed by atoms with Crippen LogP contribution in [0.1, 0.15) is 41.9 Å². The third-order valence-corrected chi connectivity index (χ3v) is 4.33. The molecule has 1 N–H and O–H groups in total. The molecular weight excluding hydrogens is 266 g/mol. The molecule has 0 saturated carbocycles. The summed E-state index contributed by atoms with van der Waals surface area (Å²) in [4.78, 5) is 20.6. The van der Waals surface area contributed by atoms with Crippen LogP contribution in [0.25, 0.3) is 0 Å². The number of carboxylic acid groups (broad SMARTS) is 1. The van der Waals surface area contributed by atoms with Gasteiger partial charge in [0.15, 0.2) is 0 Å². The topological polar surface area (TPSA) is 56.7 Å². The predicted molar refractivity (Wildman–Crippen MR) is 84.2 cm³/mol. The first kappa shape index (κ1) is 15.8. The van der Waals surface area contributed by atoms with E-state index in [1.54, 1.807) is 0 Å². The summed E-state index contributed by atoms with van der Waals surface area (Å²) < 4.78 is 0. The lowest BCUT2D eigenvalue weighted by molar-refractivity contribution is 0.0696. The lowest BCUT2D eigenvalue weighted by Crippen LogP contribution is -2.37. The number of aryl methyl sites for hydroxylation is 2. The molecule has 1 atom stereocenters. The molecule has 1 aromatic heterocycles. The number of aromatic nitrogens is 1. The molecule has 1 unspecified atom stereocenters. The third kappa shape index (κ3) is 3.18. The van der Waals surface area contributed by atoms with Crippen molar-refractivity contribution in [2.45, 2.75) is 40.2 Å². The number of hydrogen-bond acceptors (Lipinski definition) is 4. The molecule has 0 amide bonds. The summed E-state index contributed by atoms with van der Waals surface area (Å²) >= 11 is 0. The number of rotatable bonds is 5. The van der Waals surface area contributed by atoms with Crippen LogP contribution in [0.15, 0.2) is 6.07 Å². The summed E-state index contributed by atoms with van der Waals surface area (Å²) in [5.41, 5.74) is 2.01. The maximum Gasteiger partial charge on any atom is 0.339 e. The lowest BCUT2D eigenvalue weighted by Gasteiger charge is -2.27. The summed E-state index contributed by atoms with van der Waals surface area (Å²) in [6, 6.07) is 2.33. The van der Waals surface area contributed by atoms with Crippen molar-refractivity contribution in [3.05, 3.63) is 22.9 Å². The minimum Gasteiger partial charge on any atom is -0.478 e. The summed E-state index contributed by atoms with van der Waals surface area (Å²) in [6.45, 7) is 11.9. The molecule has 21 heavy (non-hydrogen) atoms. The van der Waals surface area contributed by atoms with E-state index in [1.165, 1.54) is 0 Å². The minimum atomic E-state index is -0.888. The van der Waals surface area contributed by atoms with E-state index in [9.17, 15) is 9.90 Å². The zero-order valence-corrected chi connectivity index (χ0v) is 13.4. The van der Waals surface area contributed by atoms with Crippen LogP contribution in [0.2, 0.25) is 0 Å². The molecule has 5 heteroatoms. The van der Waals surface area contributed by atoms with Crippen LogP contribution >= 0.6 is 0 Å². The quantitative estimate of drug-likeness (QED) is 0.902. The molecule has 116 valence electrons. The minimum absolute atomic E-state index is 0.348. The molecule has 1 aliphatic rings. The maximum atomic E-state index is 11.6.